The molecule has 0 atom stereocenters. The van der Waals surface area contributed by atoms with E-state index in [1.165, 1.54) is 19.2 Å². The number of aromatic carboxylic acids is 1. The van der Waals surface area contributed by atoms with Crippen LogP contribution >= 0.6 is 0 Å². The number of hydrazine groups is 1. The number of anilines is 1. The van der Waals surface area contributed by atoms with Crippen molar-refractivity contribution in [1.82, 2.24) is 0 Å². The minimum absolute atomic E-state index is 0.000712. The van der Waals surface area contributed by atoms with Gasteiger partial charge in [-0.25, -0.2) is 4.79 Å². The van der Waals surface area contributed by atoms with Gasteiger partial charge in [0.05, 0.1) is 18.4 Å². The zero-order chi connectivity index (χ0) is 14.5. The summed E-state index contributed by atoms with van der Waals surface area (Å²) in [5.41, 5.74) is 2.57. The van der Waals surface area contributed by atoms with Gasteiger partial charge in [0.2, 0.25) is 0 Å². The lowest BCUT2D eigenvalue weighted by Gasteiger charge is -2.14. The molecule has 2 aromatic rings. The van der Waals surface area contributed by atoms with Crippen LogP contribution in [0.1, 0.15) is 10.4 Å². The Hall–Kier alpha value is -2.73. The second kappa shape index (κ2) is 5.94. The summed E-state index contributed by atoms with van der Waals surface area (Å²) >= 11 is 0. The molecule has 0 saturated heterocycles. The summed E-state index contributed by atoms with van der Waals surface area (Å²) in [5.74, 6) is 5.45. The van der Waals surface area contributed by atoms with Crippen LogP contribution in [0.25, 0.3) is 0 Å². The van der Waals surface area contributed by atoms with Gasteiger partial charge in [-0.3, -0.25) is 5.84 Å². The molecule has 0 aliphatic rings. The molecule has 6 heteroatoms. The van der Waals surface area contributed by atoms with Gasteiger partial charge in [-0.05, 0) is 12.1 Å². The number of methoxy groups -OCH3 is 1. The Morgan fingerprint density at radius 3 is 2.45 bits per heavy atom. The Labute approximate surface area is 115 Å². The van der Waals surface area contributed by atoms with Crippen molar-refractivity contribution in [3.8, 4) is 17.2 Å². The highest BCUT2D eigenvalue weighted by Gasteiger charge is 2.16. The lowest BCUT2D eigenvalue weighted by Crippen LogP contribution is -2.12. The molecule has 104 valence electrons. The lowest BCUT2D eigenvalue weighted by atomic mass is 10.1. The monoisotopic (exact) mass is 274 g/mol. The summed E-state index contributed by atoms with van der Waals surface area (Å²) in [7, 11) is 1.47. The van der Waals surface area contributed by atoms with Crippen LogP contribution in [0.3, 0.4) is 0 Å². The van der Waals surface area contributed by atoms with E-state index in [1.54, 1.807) is 12.1 Å². The molecule has 2 rings (SSSR count). The number of carboxylic acids is 1. The van der Waals surface area contributed by atoms with Gasteiger partial charge in [0.25, 0.3) is 0 Å². The number of ether oxygens (including phenoxy) is 2. The first-order valence-electron chi connectivity index (χ1n) is 5.80. The molecule has 6 nitrogen and oxygen atoms in total. The Morgan fingerprint density at radius 2 is 1.90 bits per heavy atom. The summed E-state index contributed by atoms with van der Waals surface area (Å²) in [4.78, 5) is 11.2. The van der Waals surface area contributed by atoms with Crippen molar-refractivity contribution < 1.29 is 19.4 Å². The molecule has 0 amide bonds. The molecular weight excluding hydrogens is 260 g/mol. The van der Waals surface area contributed by atoms with Gasteiger partial charge < -0.3 is 20.0 Å². The predicted octanol–water partition coefficient (Wildman–Crippen LogP) is 2.47. The first kappa shape index (κ1) is 13.7. The van der Waals surface area contributed by atoms with E-state index in [2.05, 4.69) is 5.43 Å². The van der Waals surface area contributed by atoms with E-state index in [9.17, 15) is 4.79 Å². The molecule has 4 N–H and O–H groups in total. The molecule has 0 aliphatic carbocycles. The Morgan fingerprint density at radius 1 is 1.20 bits per heavy atom. The Bertz CT molecular complexity index is 614. The fraction of sp³-hybridized carbons (Fsp3) is 0.0714. The van der Waals surface area contributed by atoms with Crippen molar-refractivity contribution >= 4 is 11.7 Å². The van der Waals surface area contributed by atoms with E-state index in [0.29, 0.717) is 17.2 Å². The number of carbonyl (C=O) groups is 1. The Balaban J connectivity index is 2.45. The summed E-state index contributed by atoms with van der Waals surface area (Å²) in [5, 5.41) is 9.16. The van der Waals surface area contributed by atoms with Crippen LogP contribution in [0, 0.1) is 0 Å². The van der Waals surface area contributed by atoms with Gasteiger partial charge in [-0.1, -0.05) is 18.2 Å². The summed E-state index contributed by atoms with van der Waals surface area (Å²) in [6, 6.07) is 11.8. The molecule has 0 bridgehead atoms. The molecule has 0 unspecified atom stereocenters. The van der Waals surface area contributed by atoms with E-state index >= 15 is 0 Å². The SMILES string of the molecule is COc1cc(NN)c(C(=O)O)cc1Oc1ccccc1. The molecule has 20 heavy (non-hydrogen) atoms. The van der Waals surface area contributed by atoms with Crippen LogP contribution < -0.4 is 20.7 Å². The number of para-hydroxylation sites is 1. The number of nitrogens with two attached hydrogens (primary N) is 1. The summed E-state index contributed by atoms with van der Waals surface area (Å²) in [6.45, 7) is 0. The fourth-order valence-corrected chi connectivity index (χ4v) is 1.71. The minimum atomic E-state index is -1.11. The first-order valence-corrected chi connectivity index (χ1v) is 5.80. The van der Waals surface area contributed by atoms with Crippen molar-refractivity contribution in [2.45, 2.75) is 0 Å². The van der Waals surface area contributed by atoms with E-state index in [4.69, 9.17) is 20.4 Å². The normalized spacial score (nSPS) is 9.90. The van der Waals surface area contributed by atoms with Crippen molar-refractivity contribution in [2.24, 2.45) is 5.84 Å². The van der Waals surface area contributed by atoms with Gasteiger partial charge in [0.15, 0.2) is 11.5 Å². The molecule has 0 radical (unpaired) electrons. The third-order valence-electron chi connectivity index (χ3n) is 2.66. The predicted molar refractivity (Wildman–Crippen MR) is 74.3 cm³/mol. The van der Waals surface area contributed by atoms with Crippen LogP contribution in [0.2, 0.25) is 0 Å². The first-order chi connectivity index (χ1) is 9.65. The van der Waals surface area contributed by atoms with E-state index < -0.39 is 5.97 Å². The van der Waals surface area contributed by atoms with E-state index in [-0.39, 0.29) is 11.3 Å². The van der Waals surface area contributed by atoms with Crippen molar-refractivity contribution in [2.75, 3.05) is 12.5 Å². The fourth-order valence-electron chi connectivity index (χ4n) is 1.71. The van der Waals surface area contributed by atoms with Gasteiger partial charge >= 0.3 is 5.97 Å². The van der Waals surface area contributed by atoms with Crippen molar-refractivity contribution in [3.05, 3.63) is 48.0 Å². The quantitative estimate of drug-likeness (QED) is 0.573. The third-order valence-corrected chi connectivity index (χ3v) is 2.66. The van der Waals surface area contributed by atoms with Gasteiger partial charge in [-0.2, -0.15) is 0 Å². The van der Waals surface area contributed by atoms with Crippen LogP contribution in [-0.4, -0.2) is 18.2 Å². The maximum Gasteiger partial charge on any atom is 0.337 e. The van der Waals surface area contributed by atoms with Crippen molar-refractivity contribution in [3.63, 3.8) is 0 Å². The van der Waals surface area contributed by atoms with Crippen molar-refractivity contribution in [1.29, 1.82) is 0 Å². The number of rotatable bonds is 5. The average molecular weight is 274 g/mol. The van der Waals surface area contributed by atoms with E-state index in [1.807, 2.05) is 18.2 Å². The number of carboxylic acid groups (broad SMARTS) is 1. The smallest absolute Gasteiger partial charge is 0.337 e. The third kappa shape index (κ3) is 2.81. The standard InChI is InChI=1S/C14H14N2O4/c1-19-12-8-11(16-15)10(14(17)18)7-13(12)20-9-5-3-2-4-6-9/h2-8,16H,15H2,1H3,(H,17,18). The number of hydrogen-bond donors (Lipinski definition) is 3. The average Bonchev–Trinajstić information content (AvgIpc) is 2.47. The second-order valence-corrected chi connectivity index (χ2v) is 3.91. The molecule has 2 aromatic carbocycles. The van der Waals surface area contributed by atoms with Gasteiger partial charge in [-0.15, -0.1) is 0 Å². The maximum atomic E-state index is 11.2. The number of hydrogen-bond acceptors (Lipinski definition) is 5. The Kier molecular flexibility index (Phi) is 4.07. The van der Waals surface area contributed by atoms with Gasteiger partial charge in [0, 0.05) is 12.1 Å². The zero-order valence-electron chi connectivity index (χ0n) is 10.8. The summed E-state index contributed by atoms with van der Waals surface area (Å²) < 4.78 is 10.8. The number of nitrogen functional groups attached to an aromatic ring is 1. The largest absolute Gasteiger partial charge is 0.493 e. The highest BCUT2D eigenvalue weighted by atomic mass is 16.5. The second-order valence-electron chi connectivity index (χ2n) is 3.91. The highest BCUT2D eigenvalue weighted by Crippen LogP contribution is 2.36. The van der Waals surface area contributed by atoms with Crippen LogP contribution in [0.4, 0.5) is 5.69 Å². The van der Waals surface area contributed by atoms with E-state index in [0.717, 1.165) is 0 Å². The molecular formula is C14H14N2O4. The number of nitrogens with one attached hydrogen (secondary N) is 1. The highest BCUT2D eigenvalue weighted by molar-refractivity contribution is 5.95. The lowest BCUT2D eigenvalue weighted by molar-refractivity contribution is 0.0697. The zero-order valence-corrected chi connectivity index (χ0v) is 10.8. The molecule has 0 heterocycles. The van der Waals surface area contributed by atoms with Crippen LogP contribution in [0.15, 0.2) is 42.5 Å². The molecule has 0 aliphatic heterocycles. The van der Waals surface area contributed by atoms with Crippen LogP contribution in [-0.2, 0) is 0 Å². The topological polar surface area (TPSA) is 93.8 Å². The molecule has 0 fully saturated rings. The van der Waals surface area contributed by atoms with Crippen LogP contribution in [0.5, 0.6) is 17.2 Å². The summed E-state index contributed by atoms with van der Waals surface area (Å²) in [6.07, 6.45) is 0. The molecule has 0 spiro atoms. The maximum absolute atomic E-state index is 11.2. The van der Waals surface area contributed by atoms with Gasteiger partial charge in [0.1, 0.15) is 5.75 Å². The molecule has 0 aromatic heterocycles. The number of benzene rings is 2. The molecule has 0 saturated carbocycles. The minimum Gasteiger partial charge on any atom is -0.493 e.